The first-order valence-electron chi connectivity index (χ1n) is 3.15. The molecule has 1 fully saturated rings. The normalized spacial score (nSPS) is 28.8. The van der Waals surface area contributed by atoms with Gasteiger partial charge in [-0.25, -0.2) is 0 Å². The molecular formula is C6H11NO2. The van der Waals surface area contributed by atoms with Crippen LogP contribution in [-0.2, 0) is 4.79 Å². The van der Waals surface area contributed by atoms with Crippen molar-refractivity contribution < 1.29 is 9.90 Å². The monoisotopic (exact) mass is 129 g/mol. The maximum absolute atomic E-state index is 10.2. The molecule has 1 saturated heterocycles. The van der Waals surface area contributed by atoms with Crippen LogP contribution in [0.25, 0.3) is 0 Å². The van der Waals surface area contributed by atoms with Gasteiger partial charge in [0.1, 0.15) is 6.29 Å². The fraction of sp³-hybridized carbons (Fsp3) is 0.833. The van der Waals surface area contributed by atoms with E-state index in [4.69, 9.17) is 5.11 Å². The number of aliphatic hydroxyl groups is 1. The van der Waals surface area contributed by atoms with Gasteiger partial charge in [-0.05, 0) is 6.42 Å². The van der Waals surface area contributed by atoms with E-state index in [1.807, 2.05) is 4.90 Å². The second kappa shape index (κ2) is 2.94. The van der Waals surface area contributed by atoms with E-state index < -0.39 is 0 Å². The second-order valence-corrected chi connectivity index (χ2v) is 2.40. The Morgan fingerprint density at radius 1 is 1.78 bits per heavy atom. The molecule has 0 aromatic heterocycles. The van der Waals surface area contributed by atoms with E-state index in [2.05, 4.69) is 0 Å². The summed E-state index contributed by atoms with van der Waals surface area (Å²) in [5, 5.41) is 8.59. The maximum Gasteiger partial charge on any atom is 0.124 e. The summed E-state index contributed by atoms with van der Waals surface area (Å²) in [5.41, 5.74) is 0. The van der Waals surface area contributed by atoms with Crippen molar-refractivity contribution >= 4 is 6.29 Å². The Hall–Kier alpha value is -0.410. The van der Waals surface area contributed by atoms with E-state index in [9.17, 15) is 4.79 Å². The molecular weight excluding hydrogens is 118 g/mol. The molecule has 1 aliphatic rings. The largest absolute Gasteiger partial charge is 0.381 e. The van der Waals surface area contributed by atoms with Gasteiger partial charge in [-0.1, -0.05) is 0 Å². The first-order chi connectivity index (χ1) is 4.36. The Morgan fingerprint density at radius 3 is 2.89 bits per heavy atom. The molecule has 3 nitrogen and oxygen atoms in total. The van der Waals surface area contributed by atoms with Crippen LogP contribution >= 0.6 is 0 Å². The molecule has 0 saturated carbocycles. The van der Waals surface area contributed by atoms with Crippen molar-refractivity contribution in [3.8, 4) is 0 Å². The predicted molar refractivity (Wildman–Crippen MR) is 32.8 cm³/mol. The lowest BCUT2D eigenvalue weighted by atomic mass is 10.1. The summed E-state index contributed by atoms with van der Waals surface area (Å²) in [7, 11) is 0. The van der Waals surface area contributed by atoms with Gasteiger partial charge in [-0.2, -0.15) is 0 Å². The van der Waals surface area contributed by atoms with Crippen LogP contribution in [0.5, 0.6) is 0 Å². The van der Waals surface area contributed by atoms with Crippen molar-refractivity contribution in [2.24, 2.45) is 5.92 Å². The number of aldehydes is 1. The highest BCUT2D eigenvalue weighted by molar-refractivity contribution is 5.54. The first-order valence-corrected chi connectivity index (χ1v) is 3.15. The van der Waals surface area contributed by atoms with Crippen LogP contribution in [0.15, 0.2) is 0 Å². The summed E-state index contributed by atoms with van der Waals surface area (Å²) < 4.78 is 0. The number of aliphatic hydroxyl groups excluding tert-OH is 1. The minimum atomic E-state index is 0.0876. The van der Waals surface area contributed by atoms with Gasteiger partial charge in [0.15, 0.2) is 0 Å². The fourth-order valence-corrected chi connectivity index (χ4v) is 1.10. The van der Waals surface area contributed by atoms with Gasteiger partial charge in [-0.3, -0.25) is 4.90 Å². The predicted octanol–water partition coefficient (Wildman–Crippen LogP) is -0.543. The van der Waals surface area contributed by atoms with Gasteiger partial charge >= 0.3 is 0 Å². The van der Waals surface area contributed by atoms with Crippen LogP contribution < -0.4 is 0 Å². The molecule has 0 aromatic carbocycles. The maximum atomic E-state index is 10.2. The molecule has 1 unspecified atom stereocenters. The van der Waals surface area contributed by atoms with Crippen molar-refractivity contribution in [1.29, 1.82) is 0 Å². The summed E-state index contributed by atoms with van der Waals surface area (Å²) in [5.74, 6) is 0.164. The SMILES string of the molecule is O=CC1CCN(CO)C1. The quantitative estimate of drug-likeness (QED) is 0.509. The number of likely N-dealkylation sites (tertiary alicyclic amines) is 1. The van der Waals surface area contributed by atoms with Gasteiger partial charge in [0, 0.05) is 19.0 Å². The number of rotatable bonds is 2. The summed E-state index contributed by atoms with van der Waals surface area (Å²) >= 11 is 0. The van der Waals surface area contributed by atoms with E-state index in [1.54, 1.807) is 0 Å². The third-order valence-electron chi connectivity index (χ3n) is 1.70. The molecule has 0 radical (unpaired) electrons. The third-order valence-corrected chi connectivity index (χ3v) is 1.70. The van der Waals surface area contributed by atoms with Gasteiger partial charge < -0.3 is 9.90 Å². The molecule has 9 heavy (non-hydrogen) atoms. The number of carbonyl (C=O) groups is 1. The Labute approximate surface area is 54.3 Å². The van der Waals surface area contributed by atoms with Crippen LogP contribution in [0.3, 0.4) is 0 Å². The molecule has 1 aliphatic heterocycles. The van der Waals surface area contributed by atoms with Crippen molar-refractivity contribution in [3.63, 3.8) is 0 Å². The van der Waals surface area contributed by atoms with Crippen LogP contribution in [-0.4, -0.2) is 36.1 Å². The zero-order chi connectivity index (χ0) is 6.69. The lowest BCUT2D eigenvalue weighted by molar-refractivity contribution is -0.110. The van der Waals surface area contributed by atoms with Crippen LogP contribution in [0.2, 0.25) is 0 Å². The van der Waals surface area contributed by atoms with Crippen molar-refractivity contribution in [1.82, 2.24) is 4.90 Å². The Morgan fingerprint density at radius 2 is 2.56 bits per heavy atom. The average Bonchev–Trinajstić information content (AvgIpc) is 2.34. The molecule has 0 amide bonds. The lowest BCUT2D eigenvalue weighted by Crippen LogP contribution is -2.21. The lowest BCUT2D eigenvalue weighted by Gasteiger charge is -2.08. The second-order valence-electron chi connectivity index (χ2n) is 2.40. The molecule has 0 aliphatic carbocycles. The number of hydrogen-bond donors (Lipinski definition) is 1. The minimum absolute atomic E-state index is 0.0876. The molecule has 1 atom stereocenters. The molecule has 0 spiro atoms. The van der Waals surface area contributed by atoms with Crippen molar-refractivity contribution in [3.05, 3.63) is 0 Å². The number of hydrogen-bond acceptors (Lipinski definition) is 3. The van der Waals surface area contributed by atoms with Crippen LogP contribution in [0.1, 0.15) is 6.42 Å². The molecule has 52 valence electrons. The van der Waals surface area contributed by atoms with Crippen LogP contribution in [0.4, 0.5) is 0 Å². The first kappa shape index (κ1) is 6.71. The topological polar surface area (TPSA) is 40.5 Å². The van der Waals surface area contributed by atoms with E-state index in [0.29, 0.717) is 0 Å². The smallest absolute Gasteiger partial charge is 0.124 e. The highest BCUT2D eigenvalue weighted by Crippen LogP contribution is 2.11. The number of nitrogens with zero attached hydrogens (tertiary/aromatic N) is 1. The highest BCUT2D eigenvalue weighted by atomic mass is 16.3. The van der Waals surface area contributed by atoms with Crippen molar-refractivity contribution in [2.45, 2.75) is 6.42 Å². The van der Waals surface area contributed by atoms with E-state index >= 15 is 0 Å². The minimum Gasteiger partial charge on any atom is -0.381 e. The molecule has 3 heteroatoms. The van der Waals surface area contributed by atoms with Crippen molar-refractivity contribution in [2.75, 3.05) is 19.8 Å². The molecule has 0 bridgehead atoms. The van der Waals surface area contributed by atoms with Gasteiger partial charge in [0.25, 0.3) is 0 Å². The van der Waals surface area contributed by atoms with Crippen LogP contribution in [0, 0.1) is 5.92 Å². The molecule has 1 heterocycles. The number of carbonyl (C=O) groups excluding carboxylic acids is 1. The molecule has 0 aromatic rings. The average molecular weight is 129 g/mol. The molecule has 1 N–H and O–H groups in total. The third kappa shape index (κ3) is 1.50. The Balaban J connectivity index is 2.28. The highest BCUT2D eigenvalue weighted by Gasteiger charge is 2.20. The zero-order valence-electron chi connectivity index (χ0n) is 5.29. The Bertz CT molecular complexity index is 105. The van der Waals surface area contributed by atoms with Gasteiger partial charge in [-0.15, -0.1) is 0 Å². The standard InChI is InChI=1S/C6H11NO2/c8-4-6-1-2-7(3-6)5-9/h4,6,9H,1-3,5H2. The van der Waals surface area contributed by atoms with Gasteiger partial charge in [0.05, 0.1) is 6.73 Å². The summed E-state index contributed by atoms with van der Waals surface area (Å²) in [4.78, 5) is 12.0. The zero-order valence-corrected chi connectivity index (χ0v) is 5.29. The van der Waals surface area contributed by atoms with E-state index in [-0.39, 0.29) is 12.6 Å². The van der Waals surface area contributed by atoms with Gasteiger partial charge in [0.2, 0.25) is 0 Å². The summed E-state index contributed by atoms with van der Waals surface area (Å²) in [6, 6.07) is 0. The Kier molecular flexibility index (Phi) is 2.19. The van der Waals surface area contributed by atoms with E-state index in [1.165, 1.54) is 0 Å². The summed E-state index contributed by atoms with van der Waals surface area (Å²) in [6.45, 7) is 1.68. The van der Waals surface area contributed by atoms with E-state index in [0.717, 1.165) is 25.8 Å². The molecule has 1 rings (SSSR count). The fourth-order valence-electron chi connectivity index (χ4n) is 1.10. The summed E-state index contributed by atoms with van der Waals surface area (Å²) in [6.07, 6.45) is 1.87.